The number of nitrogens with zero attached hydrogens (tertiary/aromatic N) is 8. The van der Waals surface area contributed by atoms with Crippen LogP contribution in [0.2, 0.25) is 0 Å². The van der Waals surface area contributed by atoms with E-state index in [1.165, 1.54) is 49.6 Å². The van der Waals surface area contributed by atoms with Crippen molar-refractivity contribution < 1.29 is 50.2 Å². The number of rotatable bonds is 11. The molecular formula is C46H53ClF2MgN8O6. The first-order chi connectivity index (χ1) is 29.4. The number of aromatic nitrogens is 6. The molecule has 0 aliphatic carbocycles. The Balaban J connectivity index is 0.000000412. The van der Waals surface area contributed by atoms with E-state index in [9.17, 15) is 28.3 Å². The summed E-state index contributed by atoms with van der Waals surface area (Å²) in [5.74, 6) is 0.680. The van der Waals surface area contributed by atoms with Crippen molar-refractivity contribution in [1.29, 1.82) is 0 Å². The average Bonchev–Trinajstić information content (AvgIpc) is 3.89. The van der Waals surface area contributed by atoms with Gasteiger partial charge in [0.2, 0.25) is 0 Å². The van der Waals surface area contributed by atoms with Crippen LogP contribution < -0.4 is 22.2 Å². The molecule has 0 spiro atoms. The van der Waals surface area contributed by atoms with E-state index in [0.717, 1.165) is 0 Å². The molecule has 6 aromatic rings. The molecule has 18 heteroatoms. The molecule has 14 nitrogen and oxygen atoms in total. The Morgan fingerprint density at radius 2 is 1.12 bits per heavy atom. The zero-order valence-corrected chi connectivity index (χ0v) is 39.5. The van der Waals surface area contributed by atoms with Gasteiger partial charge in [0.25, 0.3) is 0 Å². The van der Waals surface area contributed by atoms with Crippen LogP contribution in [-0.4, -0.2) is 87.4 Å². The van der Waals surface area contributed by atoms with Gasteiger partial charge in [-0.3, -0.25) is 14.6 Å². The van der Waals surface area contributed by atoms with Crippen LogP contribution in [0, 0.1) is 18.6 Å². The fourth-order valence-electron chi connectivity index (χ4n) is 5.56. The Morgan fingerprint density at radius 1 is 0.719 bits per heavy atom. The van der Waals surface area contributed by atoms with Crippen molar-refractivity contribution in [3.8, 4) is 11.6 Å². The molecule has 0 fully saturated rings. The summed E-state index contributed by atoms with van der Waals surface area (Å²) in [5, 5.41) is 19.6. The number of carbonyl (C=O) groups excluding carboxylic acids is 3. The second-order valence-corrected chi connectivity index (χ2v) is 15.5. The van der Waals surface area contributed by atoms with Crippen molar-refractivity contribution in [3.05, 3.63) is 151 Å². The Bertz CT molecular complexity index is 2360. The van der Waals surface area contributed by atoms with Crippen LogP contribution in [0.1, 0.15) is 95.0 Å². The molecule has 2 amide bonds. The van der Waals surface area contributed by atoms with Crippen molar-refractivity contribution >= 4 is 53.2 Å². The van der Waals surface area contributed by atoms with Gasteiger partial charge in [0.05, 0.1) is 24.8 Å². The van der Waals surface area contributed by atoms with E-state index in [4.69, 9.17) is 9.47 Å². The molecule has 1 N–H and O–H groups in total. The minimum absolute atomic E-state index is 0. The fourth-order valence-corrected chi connectivity index (χ4v) is 5.56. The number of hydrogen-bond donors (Lipinski definition) is 1. The van der Waals surface area contributed by atoms with Gasteiger partial charge in [-0.05, 0) is 108 Å². The molecule has 0 aliphatic heterocycles. The van der Waals surface area contributed by atoms with E-state index in [1.54, 1.807) is 122 Å². The summed E-state index contributed by atoms with van der Waals surface area (Å²) in [6.45, 7) is 17.5. The third-order valence-corrected chi connectivity index (χ3v) is 8.33. The van der Waals surface area contributed by atoms with Crippen molar-refractivity contribution in [2.75, 3.05) is 9.80 Å². The van der Waals surface area contributed by atoms with Crippen LogP contribution in [0.25, 0.3) is 11.6 Å². The molecule has 4 aromatic heterocycles. The molecule has 0 saturated heterocycles. The van der Waals surface area contributed by atoms with Gasteiger partial charge in [0, 0.05) is 30.4 Å². The van der Waals surface area contributed by atoms with Crippen molar-refractivity contribution in [2.24, 2.45) is 0 Å². The maximum absolute atomic E-state index is 13.4. The Kier molecular flexibility index (Phi) is 21.2. The van der Waals surface area contributed by atoms with Crippen molar-refractivity contribution in [1.82, 2.24) is 29.5 Å². The summed E-state index contributed by atoms with van der Waals surface area (Å²) < 4.78 is 40.7. The van der Waals surface area contributed by atoms with E-state index in [2.05, 4.69) is 27.1 Å². The average molecular weight is 912 g/mol. The van der Waals surface area contributed by atoms with Crippen molar-refractivity contribution in [2.45, 2.75) is 92.2 Å². The number of anilines is 2. The number of carbonyl (C=O) groups is 3. The number of amides is 2. The first-order valence-electron chi connectivity index (χ1n) is 19.8. The predicted molar refractivity (Wildman–Crippen MR) is 238 cm³/mol. The molecule has 2 aromatic carbocycles. The van der Waals surface area contributed by atoms with Gasteiger partial charge in [-0.2, -0.15) is 6.92 Å². The topological polar surface area (TPSA) is 158 Å². The van der Waals surface area contributed by atoms with Gasteiger partial charge in [-0.1, -0.05) is 43.3 Å². The molecule has 0 bridgehead atoms. The second-order valence-electron chi connectivity index (χ2n) is 15.5. The molecule has 4 heterocycles. The smallest absolute Gasteiger partial charge is 1.00 e. The van der Waals surface area contributed by atoms with Crippen LogP contribution >= 0.6 is 0 Å². The van der Waals surface area contributed by atoms with Crippen LogP contribution in [0.15, 0.2) is 110 Å². The SMILES string of the molecule is CC(C)(C)OC(=O)N(Cc1ccc(F)cc1)c1nn(-c2ccccn2)cc1C=O.CCC(O)c1cn(-c2ccccn2)nc1N(Cc1ccc(F)cc1)C(=O)OC(C)(C)C.[CH2-]C.[Cl-].[Mg+2]. The maximum Gasteiger partial charge on any atom is 2.00 e. The quantitative estimate of drug-likeness (QED) is 0.0875. The minimum atomic E-state index is -0.842. The Hall–Kier alpha value is -5.75. The largest absolute Gasteiger partial charge is 2.00 e. The molecule has 0 saturated carbocycles. The number of pyridine rings is 2. The summed E-state index contributed by atoms with van der Waals surface area (Å²) in [5.41, 5.74) is 0.539. The van der Waals surface area contributed by atoms with Gasteiger partial charge in [-0.25, -0.2) is 37.7 Å². The van der Waals surface area contributed by atoms with E-state index in [-0.39, 0.29) is 77.4 Å². The Labute approximate surface area is 395 Å². The number of aldehydes is 1. The van der Waals surface area contributed by atoms with E-state index in [0.29, 0.717) is 41.0 Å². The summed E-state index contributed by atoms with van der Waals surface area (Å²) in [4.78, 5) is 48.8. The molecule has 1 atom stereocenters. The molecule has 6 rings (SSSR count). The fraction of sp³-hybridized carbons (Fsp3) is 0.304. The molecule has 1 unspecified atom stereocenters. The minimum Gasteiger partial charge on any atom is -1.00 e. The van der Waals surface area contributed by atoms with Gasteiger partial charge < -0.3 is 33.9 Å². The van der Waals surface area contributed by atoms with E-state index in [1.807, 2.05) is 13.0 Å². The number of benzene rings is 2. The molecule has 336 valence electrons. The van der Waals surface area contributed by atoms with Gasteiger partial charge >= 0.3 is 35.2 Å². The molecular weight excluding hydrogens is 858 g/mol. The second kappa shape index (κ2) is 24.9. The van der Waals surface area contributed by atoms with Gasteiger partial charge in [-0.15, -0.1) is 10.2 Å². The summed E-state index contributed by atoms with van der Waals surface area (Å²) in [7, 11) is 0. The van der Waals surface area contributed by atoms with E-state index < -0.39 is 29.5 Å². The number of aliphatic hydroxyl groups excluding tert-OH is 1. The standard InChI is InChI=1S/C23H27FN4O3.C21H21FN4O3.C2H5.ClH.Mg/c1-5-19(29)18-15-28(20-8-6-7-13-25-20)26-21(18)27(22(30)31-23(2,3)4)14-16-9-11-17(24)12-10-16;1-21(2,3)29-20(28)25(12-15-7-9-17(22)10-8-15)19-16(14-27)13-26(24-19)18-6-4-5-11-23-18;1-2;;/h6-13,15,19,29H,5,14H2,1-4H3;4-11,13-14H,12H2,1-3H3;1H2,2H3;1H;/q;;-1;;+2/p-1. The molecule has 0 aliphatic rings. The summed E-state index contributed by atoms with van der Waals surface area (Å²) >= 11 is 0. The summed E-state index contributed by atoms with van der Waals surface area (Å²) in [6.07, 6.45) is 5.30. The van der Waals surface area contributed by atoms with Crippen LogP contribution in [0.4, 0.5) is 30.0 Å². The summed E-state index contributed by atoms with van der Waals surface area (Å²) in [6, 6.07) is 22.2. The van der Waals surface area contributed by atoms with Crippen LogP contribution in [0.5, 0.6) is 0 Å². The third-order valence-electron chi connectivity index (χ3n) is 8.33. The van der Waals surface area contributed by atoms with E-state index >= 15 is 0 Å². The third kappa shape index (κ3) is 15.8. The van der Waals surface area contributed by atoms with Crippen molar-refractivity contribution in [3.63, 3.8) is 0 Å². The zero-order chi connectivity index (χ0) is 45.6. The number of aliphatic hydroxyl groups is 1. The zero-order valence-electron chi connectivity index (χ0n) is 37.3. The first-order valence-corrected chi connectivity index (χ1v) is 19.8. The van der Waals surface area contributed by atoms with Crippen LogP contribution in [-0.2, 0) is 22.6 Å². The predicted octanol–water partition coefficient (Wildman–Crippen LogP) is 6.42. The van der Waals surface area contributed by atoms with Crippen LogP contribution in [0.3, 0.4) is 0 Å². The number of hydrogen-bond acceptors (Lipinski definition) is 10. The molecule has 0 radical (unpaired) electrons. The van der Waals surface area contributed by atoms with Gasteiger partial charge in [0.15, 0.2) is 29.6 Å². The monoisotopic (exact) mass is 910 g/mol. The first kappa shape index (κ1) is 54.4. The maximum atomic E-state index is 13.4. The van der Waals surface area contributed by atoms with Gasteiger partial charge in [0.1, 0.15) is 22.8 Å². The Morgan fingerprint density at radius 3 is 1.50 bits per heavy atom. The number of halogens is 3. The molecule has 64 heavy (non-hydrogen) atoms. The number of ether oxygens (including phenoxy) is 2. The normalized spacial score (nSPS) is 11.2.